The first-order valence-electron chi connectivity index (χ1n) is 9.67. The summed E-state index contributed by atoms with van der Waals surface area (Å²) in [5, 5.41) is 11.9. The van der Waals surface area contributed by atoms with Crippen LogP contribution in [0.15, 0.2) is 84.4 Å². The minimum absolute atomic E-state index is 0.130. The molecular formula is C23H16Cl2N6O2. The number of anilines is 3. The van der Waals surface area contributed by atoms with Gasteiger partial charge in [0.05, 0.1) is 27.0 Å². The van der Waals surface area contributed by atoms with Gasteiger partial charge in [-0.15, -0.1) is 0 Å². The number of halogens is 2. The average Bonchev–Trinajstić information content (AvgIpc) is 3.11. The Balaban J connectivity index is 1.72. The number of carbonyl (C=O) groups excluding carboxylic acids is 2. The molecule has 8 nitrogen and oxygen atoms in total. The lowest BCUT2D eigenvalue weighted by atomic mass is 10.1. The predicted octanol–water partition coefficient (Wildman–Crippen LogP) is 5.16. The van der Waals surface area contributed by atoms with Crippen LogP contribution in [0.3, 0.4) is 0 Å². The van der Waals surface area contributed by atoms with Crippen LogP contribution in [0.25, 0.3) is 0 Å². The fourth-order valence-electron chi connectivity index (χ4n) is 2.88. The van der Waals surface area contributed by atoms with Gasteiger partial charge in [-0.2, -0.15) is 5.10 Å². The third-order valence-electron chi connectivity index (χ3n) is 4.42. The van der Waals surface area contributed by atoms with E-state index in [-0.39, 0.29) is 27.8 Å². The average molecular weight is 479 g/mol. The van der Waals surface area contributed by atoms with E-state index in [1.165, 1.54) is 23.5 Å². The first kappa shape index (κ1) is 22.2. The second kappa shape index (κ2) is 10.1. The molecule has 3 heterocycles. The first-order valence-corrected chi connectivity index (χ1v) is 10.4. The minimum atomic E-state index is -0.522. The molecule has 1 aromatic carbocycles. The SMILES string of the molecule is O=C(Nc1cc(N2C=CC=CC=N2)c(Cl)cc1C(=O)Nc1ccc(Cl)cn1)c1ccccn1. The molecule has 1 aliphatic rings. The van der Waals surface area contributed by atoms with E-state index in [1.54, 1.807) is 61.0 Å². The lowest BCUT2D eigenvalue weighted by Gasteiger charge is -2.19. The van der Waals surface area contributed by atoms with Crippen LogP contribution >= 0.6 is 23.2 Å². The van der Waals surface area contributed by atoms with Gasteiger partial charge in [-0.1, -0.05) is 35.3 Å². The Kier molecular flexibility index (Phi) is 6.77. The molecule has 2 aromatic heterocycles. The minimum Gasteiger partial charge on any atom is -0.320 e. The fourth-order valence-corrected chi connectivity index (χ4v) is 3.24. The molecule has 1 aliphatic heterocycles. The van der Waals surface area contributed by atoms with E-state index in [0.717, 1.165) is 0 Å². The summed E-state index contributed by atoms with van der Waals surface area (Å²) in [6.45, 7) is 0. The van der Waals surface area contributed by atoms with E-state index in [9.17, 15) is 9.59 Å². The maximum absolute atomic E-state index is 13.1. The maximum Gasteiger partial charge on any atom is 0.274 e. The van der Waals surface area contributed by atoms with Gasteiger partial charge in [0.25, 0.3) is 11.8 Å². The van der Waals surface area contributed by atoms with Gasteiger partial charge in [-0.25, -0.2) is 9.99 Å². The van der Waals surface area contributed by atoms with Crippen LogP contribution in [0.1, 0.15) is 20.8 Å². The van der Waals surface area contributed by atoms with Crippen molar-refractivity contribution in [2.45, 2.75) is 0 Å². The highest BCUT2D eigenvalue weighted by molar-refractivity contribution is 6.34. The molecule has 0 bridgehead atoms. The van der Waals surface area contributed by atoms with Crippen molar-refractivity contribution in [1.29, 1.82) is 0 Å². The summed E-state index contributed by atoms with van der Waals surface area (Å²) in [6.07, 6.45) is 11.6. The van der Waals surface area contributed by atoms with Gasteiger partial charge in [0.2, 0.25) is 0 Å². The first-order chi connectivity index (χ1) is 16.0. The lowest BCUT2D eigenvalue weighted by Crippen LogP contribution is -2.20. The lowest BCUT2D eigenvalue weighted by molar-refractivity contribution is 0.102. The third kappa shape index (κ3) is 5.43. The van der Waals surface area contributed by atoms with Gasteiger partial charge >= 0.3 is 0 Å². The van der Waals surface area contributed by atoms with Crippen LogP contribution in [-0.2, 0) is 0 Å². The van der Waals surface area contributed by atoms with Gasteiger partial charge in [0, 0.05) is 24.8 Å². The predicted molar refractivity (Wildman–Crippen MR) is 130 cm³/mol. The highest BCUT2D eigenvalue weighted by Crippen LogP contribution is 2.34. The maximum atomic E-state index is 13.1. The number of hydrazone groups is 1. The molecular weight excluding hydrogens is 463 g/mol. The summed E-state index contributed by atoms with van der Waals surface area (Å²) in [6, 6.07) is 11.1. The van der Waals surface area contributed by atoms with E-state index in [4.69, 9.17) is 23.2 Å². The Morgan fingerprint density at radius 1 is 0.909 bits per heavy atom. The molecule has 10 heteroatoms. The molecule has 4 rings (SSSR count). The molecule has 164 valence electrons. The van der Waals surface area contributed by atoms with Crippen molar-refractivity contribution in [3.63, 3.8) is 0 Å². The Labute approximate surface area is 199 Å². The number of aromatic nitrogens is 2. The second-order valence-corrected chi connectivity index (χ2v) is 7.51. The zero-order valence-corrected chi connectivity index (χ0v) is 18.5. The number of allylic oxidation sites excluding steroid dienone is 3. The largest absolute Gasteiger partial charge is 0.320 e. The van der Waals surface area contributed by atoms with Crippen molar-refractivity contribution < 1.29 is 9.59 Å². The number of nitrogens with zero attached hydrogens (tertiary/aromatic N) is 4. The molecule has 0 saturated carbocycles. The number of pyridine rings is 2. The van der Waals surface area contributed by atoms with Gasteiger partial charge in [-0.05, 0) is 48.6 Å². The normalized spacial score (nSPS) is 12.4. The zero-order valence-electron chi connectivity index (χ0n) is 16.9. The van der Waals surface area contributed by atoms with Crippen LogP contribution in [0.5, 0.6) is 0 Å². The van der Waals surface area contributed by atoms with E-state index < -0.39 is 11.8 Å². The summed E-state index contributed by atoms with van der Waals surface area (Å²) in [7, 11) is 0. The Bertz CT molecular complexity index is 1260. The molecule has 0 spiro atoms. The van der Waals surface area contributed by atoms with E-state index in [2.05, 4.69) is 25.7 Å². The van der Waals surface area contributed by atoms with E-state index in [0.29, 0.717) is 10.7 Å². The topological polar surface area (TPSA) is 99.6 Å². The van der Waals surface area contributed by atoms with Crippen molar-refractivity contribution >= 4 is 58.4 Å². The quantitative estimate of drug-likeness (QED) is 0.527. The number of benzene rings is 1. The number of nitrogens with one attached hydrogen (secondary N) is 2. The molecule has 0 fully saturated rings. The highest BCUT2D eigenvalue weighted by atomic mass is 35.5. The Morgan fingerprint density at radius 3 is 2.55 bits per heavy atom. The number of amides is 2. The summed E-state index contributed by atoms with van der Waals surface area (Å²) < 4.78 is 0. The zero-order chi connectivity index (χ0) is 23.2. The van der Waals surface area contributed by atoms with Crippen molar-refractivity contribution in [3.8, 4) is 0 Å². The van der Waals surface area contributed by atoms with Crippen molar-refractivity contribution in [2.75, 3.05) is 15.6 Å². The Morgan fingerprint density at radius 2 is 1.79 bits per heavy atom. The molecule has 0 unspecified atom stereocenters. The summed E-state index contributed by atoms with van der Waals surface area (Å²) in [5.41, 5.74) is 1.00. The molecule has 3 aromatic rings. The van der Waals surface area contributed by atoms with Crippen LogP contribution < -0.4 is 15.6 Å². The standard InChI is InChI=1S/C23H16Cl2N6O2/c24-15-7-8-21(27-14-15)30-22(32)16-12-17(25)20(31-11-5-1-3-10-28-31)13-19(16)29-23(33)18-6-2-4-9-26-18/h1-14H,(H,29,33)(H,27,30,32). The third-order valence-corrected chi connectivity index (χ3v) is 4.95. The van der Waals surface area contributed by atoms with Crippen molar-refractivity contribution in [2.24, 2.45) is 5.10 Å². The van der Waals surface area contributed by atoms with Gasteiger partial charge in [0.15, 0.2) is 0 Å². The molecule has 0 saturated heterocycles. The molecule has 2 amide bonds. The van der Waals surface area contributed by atoms with E-state index >= 15 is 0 Å². The molecule has 0 radical (unpaired) electrons. The van der Waals surface area contributed by atoms with E-state index in [1.807, 2.05) is 6.08 Å². The van der Waals surface area contributed by atoms with Crippen LogP contribution in [0.4, 0.5) is 17.2 Å². The van der Waals surface area contributed by atoms with Crippen molar-refractivity contribution in [1.82, 2.24) is 9.97 Å². The van der Waals surface area contributed by atoms with Gasteiger partial charge in [0.1, 0.15) is 11.5 Å². The molecule has 33 heavy (non-hydrogen) atoms. The number of rotatable bonds is 5. The van der Waals surface area contributed by atoms with Gasteiger partial charge in [-0.3, -0.25) is 14.6 Å². The molecule has 0 atom stereocenters. The second-order valence-electron chi connectivity index (χ2n) is 6.67. The van der Waals surface area contributed by atoms with Gasteiger partial charge < -0.3 is 10.6 Å². The summed E-state index contributed by atoms with van der Waals surface area (Å²) in [4.78, 5) is 34.0. The fraction of sp³-hybridized carbons (Fsp3) is 0. The highest BCUT2D eigenvalue weighted by Gasteiger charge is 2.20. The Hall–Kier alpha value is -4.01. The summed E-state index contributed by atoms with van der Waals surface area (Å²) in [5.74, 6) is -0.719. The summed E-state index contributed by atoms with van der Waals surface area (Å²) >= 11 is 12.4. The molecule has 0 aliphatic carbocycles. The number of hydrogen-bond acceptors (Lipinski definition) is 6. The van der Waals surface area contributed by atoms with Crippen LogP contribution in [0, 0.1) is 0 Å². The number of hydrogen-bond donors (Lipinski definition) is 2. The van der Waals surface area contributed by atoms with Crippen LogP contribution in [0.2, 0.25) is 10.0 Å². The van der Waals surface area contributed by atoms with Crippen LogP contribution in [-0.4, -0.2) is 28.0 Å². The number of carbonyl (C=O) groups is 2. The molecule has 2 N–H and O–H groups in total. The smallest absolute Gasteiger partial charge is 0.274 e. The monoisotopic (exact) mass is 478 g/mol. The van der Waals surface area contributed by atoms with Crippen molar-refractivity contribution in [3.05, 3.63) is 101 Å².